The van der Waals surface area contributed by atoms with Crippen molar-refractivity contribution in [1.29, 1.82) is 0 Å². The summed E-state index contributed by atoms with van der Waals surface area (Å²) in [6.45, 7) is 0.114. The molecule has 7 nitrogen and oxygen atoms in total. The lowest BCUT2D eigenvalue weighted by molar-refractivity contribution is -0.141. The fraction of sp³-hybridized carbons (Fsp3) is 0.348. The number of aliphatic hydroxyl groups excluding tert-OH is 1. The number of ether oxygens (including phenoxy) is 2. The molecule has 1 aromatic carbocycles. The fourth-order valence-electron chi connectivity index (χ4n) is 4.66. The number of Topliss-reactive ketones (excluding diaryl/α,β-unsaturated/α-hetero) is 1. The van der Waals surface area contributed by atoms with Gasteiger partial charge in [0.2, 0.25) is 6.79 Å². The van der Waals surface area contributed by atoms with Gasteiger partial charge in [-0.2, -0.15) is 0 Å². The summed E-state index contributed by atoms with van der Waals surface area (Å²) in [4.78, 5) is 31.9. The highest BCUT2D eigenvalue weighted by Crippen LogP contribution is 2.44. The number of carbonyl (C=O) groups is 2. The van der Waals surface area contributed by atoms with Crippen LogP contribution in [-0.4, -0.2) is 39.5 Å². The van der Waals surface area contributed by atoms with Crippen LogP contribution < -0.4 is 9.47 Å². The summed E-state index contributed by atoms with van der Waals surface area (Å²) in [6, 6.07) is 7.92. The molecule has 154 valence electrons. The van der Waals surface area contributed by atoms with Gasteiger partial charge in [-0.25, -0.2) is 0 Å². The maximum absolute atomic E-state index is 13.1. The van der Waals surface area contributed by atoms with Crippen molar-refractivity contribution in [2.45, 2.75) is 44.2 Å². The van der Waals surface area contributed by atoms with Crippen molar-refractivity contribution in [3.05, 3.63) is 59.4 Å². The van der Waals surface area contributed by atoms with Crippen molar-refractivity contribution in [2.24, 2.45) is 0 Å². The number of rotatable bonds is 3. The normalized spacial score (nSPS) is 23.2. The molecule has 2 aromatic rings. The Kier molecular flexibility index (Phi) is 4.65. The third kappa shape index (κ3) is 3.01. The first-order chi connectivity index (χ1) is 14.6. The van der Waals surface area contributed by atoms with E-state index in [9.17, 15) is 14.7 Å². The number of amides is 1. The topological polar surface area (TPSA) is 89.0 Å². The maximum atomic E-state index is 13.1. The number of ketones is 1. The van der Waals surface area contributed by atoms with Crippen molar-refractivity contribution in [2.75, 3.05) is 6.79 Å². The first kappa shape index (κ1) is 18.7. The highest BCUT2D eigenvalue weighted by molar-refractivity contribution is 6.46. The maximum Gasteiger partial charge on any atom is 0.295 e. The summed E-state index contributed by atoms with van der Waals surface area (Å²) in [5.74, 6) is -0.323. The van der Waals surface area contributed by atoms with Crippen molar-refractivity contribution < 1.29 is 24.2 Å². The van der Waals surface area contributed by atoms with E-state index in [0.29, 0.717) is 17.1 Å². The van der Waals surface area contributed by atoms with Crippen LogP contribution in [-0.2, 0) is 9.59 Å². The average molecular weight is 406 g/mol. The number of hydrogen-bond acceptors (Lipinski definition) is 6. The standard InChI is InChI=1S/C23H22N2O5/c26-21(15-6-7-17-18(12-15)30-13-29-17)19-20(14-8-10-24-11-9-14)25(23(28)22(19)27)16-4-2-1-3-5-16/h6-12,16,20,26H,1-5,13H2/b21-19-. The number of pyridine rings is 1. The number of aliphatic hydroxyl groups is 1. The van der Waals surface area contributed by atoms with Gasteiger partial charge < -0.3 is 19.5 Å². The third-order valence-corrected chi connectivity index (χ3v) is 6.12. The monoisotopic (exact) mass is 406 g/mol. The van der Waals surface area contributed by atoms with Gasteiger partial charge in [0.25, 0.3) is 11.7 Å². The molecule has 1 aliphatic carbocycles. The quantitative estimate of drug-likeness (QED) is 0.476. The van der Waals surface area contributed by atoms with Gasteiger partial charge in [0.05, 0.1) is 11.6 Å². The second kappa shape index (κ2) is 7.48. The van der Waals surface area contributed by atoms with Crippen molar-refractivity contribution >= 4 is 17.4 Å². The Morgan fingerprint density at radius 3 is 2.50 bits per heavy atom. The molecule has 7 heteroatoms. The number of benzene rings is 1. The van der Waals surface area contributed by atoms with Gasteiger partial charge in [0, 0.05) is 24.0 Å². The number of aromatic nitrogens is 1. The Balaban J connectivity index is 1.64. The van der Waals surface area contributed by atoms with Crippen molar-refractivity contribution in [3.8, 4) is 11.5 Å². The Morgan fingerprint density at radius 2 is 1.73 bits per heavy atom. The van der Waals surface area contributed by atoms with Gasteiger partial charge in [-0.3, -0.25) is 14.6 Å². The Morgan fingerprint density at radius 1 is 1.00 bits per heavy atom. The molecule has 3 aliphatic rings. The van der Waals surface area contributed by atoms with Crippen molar-refractivity contribution in [3.63, 3.8) is 0 Å². The van der Waals surface area contributed by atoms with E-state index in [1.165, 1.54) is 0 Å². The summed E-state index contributed by atoms with van der Waals surface area (Å²) in [5, 5.41) is 11.2. The Labute approximate surface area is 173 Å². The molecule has 1 saturated carbocycles. The highest BCUT2D eigenvalue weighted by Gasteiger charge is 2.48. The minimum atomic E-state index is -0.655. The average Bonchev–Trinajstić information content (AvgIpc) is 3.36. The van der Waals surface area contributed by atoms with Crippen LogP contribution in [0.15, 0.2) is 48.3 Å². The summed E-state index contributed by atoms with van der Waals surface area (Å²) in [6.07, 6.45) is 8.18. The summed E-state index contributed by atoms with van der Waals surface area (Å²) in [7, 11) is 0. The second-order valence-electron chi connectivity index (χ2n) is 7.85. The lowest BCUT2D eigenvalue weighted by Crippen LogP contribution is -2.40. The van der Waals surface area contributed by atoms with E-state index in [1.54, 1.807) is 47.6 Å². The smallest absolute Gasteiger partial charge is 0.295 e. The molecule has 1 atom stereocenters. The van der Waals surface area contributed by atoms with E-state index in [1.807, 2.05) is 0 Å². The molecule has 0 spiro atoms. The minimum Gasteiger partial charge on any atom is -0.507 e. The molecule has 5 rings (SSSR count). The summed E-state index contributed by atoms with van der Waals surface area (Å²) in [5.41, 5.74) is 1.28. The molecule has 2 aliphatic heterocycles. The van der Waals surface area contributed by atoms with Crippen molar-refractivity contribution in [1.82, 2.24) is 9.88 Å². The minimum absolute atomic E-state index is 0.0181. The number of likely N-dealkylation sites (tertiary alicyclic amines) is 1. The summed E-state index contributed by atoms with van der Waals surface area (Å²) < 4.78 is 10.7. The highest BCUT2D eigenvalue weighted by atomic mass is 16.7. The zero-order valence-corrected chi connectivity index (χ0v) is 16.4. The second-order valence-corrected chi connectivity index (χ2v) is 7.85. The van der Waals surface area contributed by atoms with Crippen LogP contribution in [0.3, 0.4) is 0 Å². The van der Waals surface area contributed by atoms with E-state index in [2.05, 4.69) is 4.98 Å². The molecule has 1 N–H and O–H groups in total. The number of hydrogen-bond donors (Lipinski definition) is 1. The molecular weight excluding hydrogens is 384 g/mol. The summed E-state index contributed by atoms with van der Waals surface area (Å²) >= 11 is 0. The van der Waals surface area contributed by atoms with Crippen LogP contribution in [0, 0.1) is 0 Å². The molecule has 3 heterocycles. The van der Waals surface area contributed by atoms with E-state index in [-0.39, 0.29) is 24.2 Å². The lowest BCUT2D eigenvalue weighted by atomic mass is 9.91. The van der Waals surface area contributed by atoms with Gasteiger partial charge >= 0.3 is 0 Å². The third-order valence-electron chi connectivity index (χ3n) is 6.12. The molecule has 2 fully saturated rings. The van der Waals surface area contributed by atoms with E-state index in [0.717, 1.165) is 37.7 Å². The van der Waals surface area contributed by atoms with Crippen LogP contribution >= 0.6 is 0 Å². The molecule has 0 bridgehead atoms. The molecule has 30 heavy (non-hydrogen) atoms. The number of nitrogens with zero attached hydrogens (tertiary/aromatic N) is 2. The van der Waals surface area contributed by atoms with Crippen LogP contribution in [0.2, 0.25) is 0 Å². The van der Waals surface area contributed by atoms with Crippen LogP contribution in [0.5, 0.6) is 11.5 Å². The predicted molar refractivity (Wildman–Crippen MR) is 108 cm³/mol. The van der Waals surface area contributed by atoms with Crippen LogP contribution in [0.25, 0.3) is 5.76 Å². The Hall–Kier alpha value is -3.35. The van der Waals surface area contributed by atoms with Gasteiger partial charge in [-0.1, -0.05) is 19.3 Å². The number of fused-ring (bicyclic) bond motifs is 1. The largest absolute Gasteiger partial charge is 0.507 e. The van der Waals surface area contributed by atoms with Crippen LogP contribution in [0.1, 0.15) is 49.3 Å². The SMILES string of the molecule is O=C1C(=O)N(C2CCCCC2)C(c2ccncc2)/C1=C(/O)c1ccc2c(c1)OCO2. The first-order valence-corrected chi connectivity index (χ1v) is 10.2. The van der Waals surface area contributed by atoms with Gasteiger partial charge in [-0.15, -0.1) is 0 Å². The van der Waals surface area contributed by atoms with E-state index >= 15 is 0 Å². The lowest BCUT2D eigenvalue weighted by Gasteiger charge is -2.35. The molecule has 1 aromatic heterocycles. The fourth-order valence-corrected chi connectivity index (χ4v) is 4.66. The zero-order valence-electron chi connectivity index (χ0n) is 16.4. The van der Waals surface area contributed by atoms with Gasteiger partial charge in [0.1, 0.15) is 5.76 Å². The number of carbonyl (C=O) groups excluding carboxylic acids is 2. The molecule has 1 unspecified atom stereocenters. The molecule has 0 radical (unpaired) electrons. The van der Waals surface area contributed by atoms with Gasteiger partial charge in [-0.05, 0) is 48.7 Å². The first-order valence-electron chi connectivity index (χ1n) is 10.2. The van der Waals surface area contributed by atoms with Gasteiger partial charge in [0.15, 0.2) is 11.5 Å². The molecule has 1 saturated heterocycles. The van der Waals surface area contributed by atoms with E-state index in [4.69, 9.17) is 9.47 Å². The molecular formula is C23H22N2O5. The molecule has 1 amide bonds. The Bertz CT molecular complexity index is 1030. The predicted octanol–water partition coefficient (Wildman–Crippen LogP) is 3.56. The van der Waals surface area contributed by atoms with Crippen LogP contribution in [0.4, 0.5) is 0 Å². The zero-order chi connectivity index (χ0) is 20.7. The van der Waals surface area contributed by atoms with E-state index < -0.39 is 17.7 Å².